The molecule has 150 valence electrons. The molecule has 1 saturated carbocycles. The largest absolute Gasteiger partial charge is 0.380 e. The van der Waals surface area contributed by atoms with Crippen molar-refractivity contribution >= 4 is 28.2 Å². The fourth-order valence-corrected chi connectivity index (χ4v) is 4.33. The fourth-order valence-electron chi connectivity index (χ4n) is 4.33. The van der Waals surface area contributed by atoms with Gasteiger partial charge < -0.3 is 10.6 Å². The summed E-state index contributed by atoms with van der Waals surface area (Å²) in [6.07, 6.45) is 4.02. The van der Waals surface area contributed by atoms with Crippen LogP contribution < -0.4 is 10.6 Å². The number of nitrogens with one attached hydrogen (secondary N) is 2. The van der Waals surface area contributed by atoms with Gasteiger partial charge in [0.1, 0.15) is 0 Å². The van der Waals surface area contributed by atoms with Gasteiger partial charge in [-0.1, -0.05) is 25.1 Å². The summed E-state index contributed by atoms with van der Waals surface area (Å²) < 4.78 is 2.21. The van der Waals surface area contributed by atoms with E-state index < -0.39 is 0 Å². The van der Waals surface area contributed by atoms with E-state index in [9.17, 15) is 4.79 Å². The first-order valence-electron chi connectivity index (χ1n) is 10.8. The molecule has 1 fully saturated rings. The molecule has 1 aromatic heterocycles. The van der Waals surface area contributed by atoms with Gasteiger partial charge in [-0.25, -0.2) is 0 Å². The van der Waals surface area contributed by atoms with Crippen molar-refractivity contribution in [3.05, 3.63) is 42.1 Å². The Hall–Kier alpha value is -2.82. The topological polar surface area (TPSA) is 59.0 Å². The summed E-state index contributed by atoms with van der Waals surface area (Å²) in [5, 5.41) is 12.9. The molecule has 0 radical (unpaired) electrons. The third kappa shape index (κ3) is 3.18. The summed E-state index contributed by atoms with van der Waals surface area (Å²) in [5.74, 6) is 0.658. The maximum Gasteiger partial charge on any atom is 0.226 e. The average Bonchev–Trinajstić information content (AvgIpc) is 3.50. The number of benzene rings is 2. The molecule has 5 rings (SSSR count). The van der Waals surface area contributed by atoms with Crippen molar-refractivity contribution in [1.82, 2.24) is 9.78 Å². The number of hydrogen-bond donors (Lipinski definition) is 2. The van der Waals surface area contributed by atoms with Crippen LogP contribution in [0.2, 0.25) is 0 Å². The Morgan fingerprint density at radius 1 is 1.24 bits per heavy atom. The van der Waals surface area contributed by atoms with E-state index >= 15 is 0 Å². The van der Waals surface area contributed by atoms with Crippen molar-refractivity contribution in [1.29, 1.82) is 0 Å². The molecule has 5 nitrogen and oxygen atoms in total. The van der Waals surface area contributed by atoms with Crippen LogP contribution in [-0.2, 0) is 4.79 Å². The third-order valence-corrected chi connectivity index (χ3v) is 6.24. The van der Waals surface area contributed by atoms with Gasteiger partial charge in [0, 0.05) is 35.4 Å². The molecule has 2 atom stereocenters. The number of amides is 1. The van der Waals surface area contributed by atoms with E-state index in [1.807, 2.05) is 12.1 Å². The second kappa shape index (κ2) is 6.90. The smallest absolute Gasteiger partial charge is 0.226 e. The first-order valence-corrected chi connectivity index (χ1v) is 10.8. The molecule has 0 unspecified atom stereocenters. The van der Waals surface area contributed by atoms with Crippen LogP contribution in [-0.4, -0.2) is 21.7 Å². The predicted molar refractivity (Wildman–Crippen MR) is 118 cm³/mol. The normalized spacial score (nSPS) is 20.0. The third-order valence-electron chi connectivity index (χ3n) is 6.24. The Morgan fingerprint density at radius 2 is 2.07 bits per heavy atom. The number of hydrogen-bond acceptors (Lipinski definition) is 3. The molecule has 5 heteroatoms. The first kappa shape index (κ1) is 18.2. The van der Waals surface area contributed by atoms with E-state index in [1.165, 1.54) is 29.4 Å². The lowest BCUT2D eigenvalue weighted by Crippen LogP contribution is -2.19. The van der Waals surface area contributed by atoms with Crippen molar-refractivity contribution in [3.63, 3.8) is 0 Å². The molecule has 0 saturated heterocycles. The molecule has 2 aliphatic rings. The lowest BCUT2D eigenvalue weighted by Gasteiger charge is -2.17. The van der Waals surface area contributed by atoms with E-state index in [4.69, 9.17) is 5.10 Å². The van der Waals surface area contributed by atoms with Crippen LogP contribution in [0.15, 0.2) is 36.4 Å². The second-order valence-electron chi connectivity index (χ2n) is 8.62. The molecule has 1 aliphatic carbocycles. The number of carbonyl (C=O) groups excluding carboxylic acids is 1. The Balaban J connectivity index is 1.66. The van der Waals surface area contributed by atoms with Gasteiger partial charge in [0.2, 0.25) is 5.91 Å². The zero-order valence-electron chi connectivity index (χ0n) is 17.3. The fraction of sp³-hybridized carbons (Fsp3) is 0.417. The molecule has 1 amide bonds. The van der Waals surface area contributed by atoms with E-state index in [1.54, 1.807) is 0 Å². The van der Waals surface area contributed by atoms with Gasteiger partial charge in [0.15, 0.2) is 0 Å². The zero-order valence-corrected chi connectivity index (χ0v) is 17.3. The highest BCUT2D eigenvalue weighted by molar-refractivity contribution is 6.01. The molecule has 1 aliphatic heterocycles. The molecule has 2 heterocycles. The van der Waals surface area contributed by atoms with Crippen molar-refractivity contribution in [3.8, 4) is 11.1 Å². The molecule has 0 spiro atoms. The molecule has 2 aromatic carbocycles. The number of nitrogens with zero attached hydrogens (tertiary/aromatic N) is 2. The number of rotatable bonds is 4. The minimum Gasteiger partial charge on any atom is -0.380 e. The highest BCUT2D eigenvalue weighted by Gasteiger charge is 2.30. The van der Waals surface area contributed by atoms with Crippen molar-refractivity contribution in [2.45, 2.75) is 64.5 Å². The number of fused-ring (bicyclic) bond motifs is 2. The van der Waals surface area contributed by atoms with Crippen LogP contribution in [0.5, 0.6) is 0 Å². The van der Waals surface area contributed by atoms with E-state index in [0.717, 1.165) is 28.9 Å². The minimum absolute atomic E-state index is 0.0576. The Bertz CT molecular complexity index is 1100. The van der Waals surface area contributed by atoms with Gasteiger partial charge >= 0.3 is 0 Å². The van der Waals surface area contributed by atoms with Gasteiger partial charge in [-0.3, -0.25) is 9.48 Å². The molecule has 2 N–H and O–H groups in total. The molecule has 0 bridgehead atoms. The van der Waals surface area contributed by atoms with Crippen LogP contribution >= 0.6 is 0 Å². The van der Waals surface area contributed by atoms with Crippen LogP contribution in [0.25, 0.3) is 22.0 Å². The lowest BCUT2D eigenvalue weighted by atomic mass is 9.99. The average molecular weight is 389 g/mol. The van der Waals surface area contributed by atoms with E-state index in [2.05, 4.69) is 60.4 Å². The Labute approximate surface area is 171 Å². The minimum atomic E-state index is 0.0576. The van der Waals surface area contributed by atoms with Crippen LogP contribution in [0.1, 0.15) is 64.1 Å². The SMILES string of the molecule is CC[C@H](C)n1nc(C2CC2)c2cc(-c3cccc4c3N[C@H](C)CC(=O)N4)ccc21. The standard InChI is InChI=1S/C24H28N4O/c1-4-15(3)28-21-11-10-17(13-19(21)23(27-28)16-8-9-16)18-6-5-7-20-24(18)25-14(2)12-22(29)26-20/h5-7,10-11,13-16,25H,4,8-9,12H2,1-3H3,(H,26,29)/t14-,15+/m1/s1. The number of carbonyl (C=O) groups is 1. The van der Waals surface area contributed by atoms with E-state index in [-0.39, 0.29) is 11.9 Å². The molecule has 3 aromatic rings. The summed E-state index contributed by atoms with van der Waals surface area (Å²) in [6, 6.07) is 13.3. The van der Waals surface area contributed by atoms with Crippen molar-refractivity contribution in [2.75, 3.05) is 10.6 Å². The highest BCUT2D eigenvalue weighted by Crippen LogP contribution is 2.44. The monoisotopic (exact) mass is 388 g/mol. The molecular weight excluding hydrogens is 360 g/mol. The summed E-state index contributed by atoms with van der Waals surface area (Å²) in [6.45, 7) is 6.50. The van der Waals surface area contributed by atoms with Crippen LogP contribution in [0.4, 0.5) is 11.4 Å². The lowest BCUT2D eigenvalue weighted by molar-refractivity contribution is -0.116. The maximum atomic E-state index is 12.1. The maximum absolute atomic E-state index is 12.1. The van der Waals surface area contributed by atoms with Crippen molar-refractivity contribution < 1.29 is 4.79 Å². The zero-order chi connectivity index (χ0) is 20.1. The quantitative estimate of drug-likeness (QED) is 0.603. The summed E-state index contributed by atoms with van der Waals surface area (Å²) in [4.78, 5) is 12.1. The van der Waals surface area contributed by atoms with Gasteiger partial charge in [-0.2, -0.15) is 5.10 Å². The predicted octanol–water partition coefficient (Wildman–Crippen LogP) is 5.69. The Morgan fingerprint density at radius 3 is 2.83 bits per heavy atom. The second-order valence-corrected chi connectivity index (χ2v) is 8.62. The van der Waals surface area contributed by atoms with Crippen LogP contribution in [0.3, 0.4) is 0 Å². The number of anilines is 2. The first-order chi connectivity index (χ1) is 14.0. The van der Waals surface area contributed by atoms with E-state index in [0.29, 0.717) is 18.4 Å². The Kier molecular flexibility index (Phi) is 4.34. The summed E-state index contributed by atoms with van der Waals surface area (Å²) in [7, 11) is 0. The molecular formula is C24H28N4O. The number of aromatic nitrogens is 2. The van der Waals surface area contributed by atoms with Gasteiger partial charge in [-0.05, 0) is 56.9 Å². The summed E-state index contributed by atoms with van der Waals surface area (Å²) in [5.41, 5.74) is 6.62. The molecule has 29 heavy (non-hydrogen) atoms. The van der Waals surface area contributed by atoms with Gasteiger partial charge in [0.05, 0.1) is 22.6 Å². The number of para-hydroxylation sites is 1. The highest BCUT2D eigenvalue weighted by atomic mass is 16.1. The van der Waals surface area contributed by atoms with Gasteiger partial charge in [-0.15, -0.1) is 0 Å². The summed E-state index contributed by atoms with van der Waals surface area (Å²) >= 11 is 0. The van der Waals surface area contributed by atoms with Crippen molar-refractivity contribution in [2.24, 2.45) is 0 Å². The van der Waals surface area contributed by atoms with Crippen LogP contribution in [0, 0.1) is 0 Å². The van der Waals surface area contributed by atoms with Gasteiger partial charge in [0.25, 0.3) is 0 Å².